The lowest BCUT2D eigenvalue weighted by Gasteiger charge is -2.36. The van der Waals surface area contributed by atoms with Gasteiger partial charge in [-0.05, 0) is 19.9 Å². The van der Waals surface area contributed by atoms with Gasteiger partial charge in [0.15, 0.2) is 5.78 Å². The summed E-state index contributed by atoms with van der Waals surface area (Å²) in [5.41, 5.74) is -1.24. The van der Waals surface area contributed by atoms with Crippen molar-refractivity contribution in [3.05, 3.63) is 70.2 Å². The van der Waals surface area contributed by atoms with E-state index in [4.69, 9.17) is 14.2 Å². The van der Waals surface area contributed by atoms with Crippen molar-refractivity contribution in [3.63, 3.8) is 0 Å². The highest BCUT2D eigenvalue weighted by atomic mass is 16.7. The minimum Gasteiger partial charge on any atom is -0.507 e. The lowest BCUT2D eigenvalue weighted by molar-refractivity contribution is -0.116. The molecule has 5 bridgehead atoms. The number of benzene rings is 1. The third kappa shape index (κ3) is 6.42. The molecule has 1 amide bonds. The van der Waals surface area contributed by atoms with Crippen molar-refractivity contribution >= 4 is 23.3 Å². The fourth-order valence-electron chi connectivity index (χ4n) is 6.23. The van der Waals surface area contributed by atoms with Gasteiger partial charge in [-0.3, -0.25) is 19.2 Å². The molecule has 254 valence electrons. The number of aliphatic hydroxyl groups excluding tert-OH is 3. The minimum atomic E-state index is -2.00. The average Bonchev–Trinajstić information content (AvgIpc) is 3.30. The highest BCUT2D eigenvalue weighted by molar-refractivity contribution is 6.30. The number of carbonyl (C=O) groups is 4. The SMILES string of the molecule is CO[C@H]1/C=C/O[C@@]2(C)Oc3c(C)c(O)c4c(c3C2=O)C(=O)C=C(NC(=O)/C(C)=C\C=C\[C@H](C)[C@H](O)[C@@H](C)[C@@H](O)[C@@H](C)[C@H](O)[C@@H]1C)C4=O. The van der Waals surface area contributed by atoms with Crippen molar-refractivity contribution in [2.45, 2.75) is 78.7 Å². The molecule has 1 aromatic rings. The quantitative estimate of drug-likeness (QED) is 0.300. The Morgan fingerprint density at radius 1 is 0.872 bits per heavy atom. The second-order valence-corrected chi connectivity index (χ2v) is 12.8. The standard InChI is InChI=1S/C35H43NO11/c1-15-10-9-11-16(2)34(44)36-21-14-22(37)24-25(31(21)42)30(41)20(6)32-26(24)33(43)35(7,47-32)46-13-12-23(45-8)17(3)28(39)19(5)29(40)18(4)27(15)38/h9-15,17-19,23,27-29,38-41H,1-8H3,(H,36,44)/b10-9+,13-12+,16-11-/t15-,17+,18+,19-,23-,27-,28+,29+,35-/m0/s1. The normalized spacial score (nSPS) is 36.1. The number of hydrogen-bond acceptors (Lipinski definition) is 11. The molecular weight excluding hydrogens is 610 g/mol. The van der Waals surface area contributed by atoms with Gasteiger partial charge in [0.25, 0.3) is 11.7 Å². The van der Waals surface area contributed by atoms with Gasteiger partial charge in [0.1, 0.15) is 11.5 Å². The van der Waals surface area contributed by atoms with Crippen LogP contribution in [0.25, 0.3) is 0 Å². The molecule has 1 aliphatic carbocycles. The Morgan fingerprint density at radius 2 is 1.49 bits per heavy atom. The predicted molar refractivity (Wildman–Crippen MR) is 170 cm³/mol. The van der Waals surface area contributed by atoms with Crippen LogP contribution in [0.1, 0.15) is 78.2 Å². The van der Waals surface area contributed by atoms with E-state index in [9.17, 15) is 39.6 Å². The van der Waals surface area contributed by atoms with Gasteiger partial charge < -0.3 is 40.0 Å². The fraction of sp³-hybridized carbons (Fsp3) is 0.486. The number of amides is 1. The fourth-order valence-corrected chi connectivity index (χ4v) is 6.23. The Morgan fingerprint density at radius 3 is 2.13 bits per heavy atom. The first kappa shape index (κ1) is 35.7. The molecule has 5 rings (SSSR count). The van der Waals surface area contributed by atoms with Crippen LogP contribution >= 0.6 is 0 Å². The number of fused-ring (bicyclic) bond motifs is 14. The van der Waals surface area contributed by atoms with Gasteiger partial charge in [-0.1, -0.05) is 45.9 Å². The molecule has 4 aliphatic rings. The lowest BCUT2D eigenvalue weighted by atomic mass is 9.78. The van der Waals surface area contributed by atoms with Crippen LogP contribution in [-0.2, 0) is 14.3 Å². The van der Waals surface area contributed by atoms with Crippen LogP contribution in [0, 0.1) is 30.6 Å². The first-order valence-corrected chi connectivity index (χ1v) is 15.5. The average molecular weight is 654 g/mol. The first-order chi connectivity index (χ1) is 22.0. The first-order valence-electron chi connectivity index (χ1n) is 15.5. The maximum Gasteiger partial charge on any atom is 0.312 e. The van der Waals surface area contributed by atoms with Crippen molar-refractivity contribution in [2.24, 2.45) is 23.7 Å². The van der Waals surface area contributed by atoms with Gasteiger partial charge in [-0.2, -0.15) is 0 Å². The van der Waals surface area contributed by atoms with Gasteiger partial charge in [-0.15, -0.1) is 0 Å². The number of nitrogens with one attached hydrogen (secondary N) is 1. The van der Waals surface area contributed by atoms with Crippen LogP contribution in [0.5, 0.6) is 11.5 Å². The second-order valence-electron chi connectivity index (χ2n) is 12.8. The number of ketones is 3. The minimum absolute atomic E-state index is 0.0217. The predicted octanol–water partition coefficient (Wildman–Crippen LogP) is 3.06. The number of rotatable bonds is 1. The number of phenolic OH excluding ortho intramolecular Hbond substituents is 1. The Hall–Kier alpha value is -4.10. The Bertz CT molecular complexity index is 1600. The summed E-state index contributed by atoms with van der Waals surface area (Å²) in [4.78, 5) is 53.7. The van der Waals surface area contributed by atoms with Crippen LogP contribution in [0.2, 0.25) is 0 Å². The molecule has 12 heteroatoms. The maximum atomic E-state index is 13.8. The zero-order chi connectivity index (χ0) is 35.1. The zero-order valence-electron chi connectivity index (χ0n) is 27.7. The number of hydrogen-bond donors (Lipinski definition) is 5. The third-order valence-corrected chi connectivity index (χ3v) is 9.54. The molecule has 1 aromatic carbocycles. The van der Waals surface area contributed by atoms with Crippen molar-refractivity contribution in [1.29, 1.82) is 0 Å². The van der Waals surface area contributed by atoms with Crippen molar-refractivity contribution < 1.29 is 53.8 Å². The van der Waals surface area contributed by atoms with E-state index in [-0.39, 0.29) is 33.7 Å². The van der Waals surface area contributed by atoms with Gasteiger partial charge in [0.2, 0.25) is 5.78 Å². The summed E-state index contributed by atoms with van der Waals surface area (Å²) in [5, 5.41) is 46.8. The number of phenols is 1. The zero-order valence-corrected chi connectivity index (χ0v) is 27.7. The lowest BCUT2D eigenvalue weighted by Crippen LogP contribution is -2.44. The van der Waals surface area contributed by atoms with Crippen LogP contribution < -0.4 is 10.1 Å². The van der Waals surface area contributed by atoms with E-state index in [2.05, 4.69) is 5.32 Å². The van der Waals surface area contributed by atoms with E-state index in [0.717, 1.165) is 6.08 Å². The number of aliphatic hydroxyl groups is 3. The van der Waals surface area contributed by atoms with Gasteiger partial charge in [-0.25, -0.2) is 0 Å². The molecular formula is C35H43NO11. The molecule has 0 unspecified atom stereocenters. The molecule has 3 heterocycles. The van der Waals surface area contributed by atoms with Gasteiger partial charge in [0, 0.05) is 54.9 Å². The molecule has 3 aliphatic heterocycles. The van der Waals surface area contributed by atoms with Crippen LogP contribution in [0.4, 0.5) is 0 Å². The third-order valence-electron chi connectivity index (χ3n) is 9.54. The molecule has 0 aromatic heterocycles. The molecule has 0 saturated heterocycles. The van der Waals surface area contributed by atoms with Crippen molar-refractivity contribution in [3.8, 4) is 11.5 Å². The highest BCUT2D eigenvalue weighted by Gasteiger charge is 2.51. The van der Waals surface area contributed by atoms with Crippen molar-refractivity contribution in [1.82, 2.24) is 5.32 Å². The van der Waals surface area contributed by atoms with Crippen LogP contribution in [-0.4, -0.2) is 81.0 Å². The number of aromatic hydroxyl groups is 1. The molecule has 0 spiro atoms. The molecule has 9 atom stereocenters. The number of methoxy groups -OCH3 is 1. The Kier molecular flexibility index (Phi) is 10.3. The summed E-state index contributed by atoms with van der Waals surface area (Å²) in [6, 6.07) is 0. The maximum absolute atomic E-state index is 13.8. The van der Waals surface area contributed by atoms with Crippen LogP contribution in [0.15, 0.2) is 47.9 Å². The smallest absolute Gasteiger partial charge is 0.312 e. The van der Waals surface area contributed by atoms with E-state index in [1.165, 1.54) is 46.3 Å². The number of Topliss-reactive ketones (excluding diaryl/α,β-unsaturated/α-hetero) is 2. The molecule has 12 nitrogen and oxygen atoms in total. The molecule has 5 N–H and O–H groups in total. The molecule has 0 fully saturated rings. The summed E-state index contributed by atoms with van der Waals surface area (Å²) in [6.07, 6.45) is 4.25. The monoisotopic (exact) mass is 653 g/mol. The highest BCUT2D eigenvalue weighted by Crippen LogP contribution is 2.47. The topological polar surface area (TPSA) is 189 Å². The number of ether oxygens (including phenoxy) is 3. The van der Waals surface area contributed by atoms with E-state index in [0.29, 0.717) is 0 Å². The summed E-state index contributed by atoms with van der Waals surface area (Å²) >= 11 is 0. The van der Waals surface area contributed by atoms with E-state index in [1.807, 2.05) is 0 Å². The number of allylic oxidation sites excluding steroid dienone is 4. The van der Waals surface area contributed by atoms with Gasteiger partial charge >= 0.3 is 5.79 Å². The summed E-state index contributed by atoms with van der Waals surface area (Å²) in [6.45, 7) is 11.0. The van der Waals surface area contributed by atoms with E-state index < -0.39 is 88.4 Å². The Balaban J connectivity index is 1.80. The Labute approximate surface area is 273 Å². The van der Waals surface area contributed by atoms with Crippen LogP contribution in [0.3, 0.4) is 0 Å². The van der Waals surface area contributed by atoms with E-state index >= 15 is 0 Å². The number of carbonyl (C=O) groups excluding carboxylic acids is 4. The van der Waals surface area contributed by atoms with Gasteiger partial charge in [0.05, 0.1) is 53.1 Å². The molecule has 0 saturated carbocycles. The largest absolute Gasteiger partial charge is 0.507 e. The summed E-state index contributed by atoms with van der Waals surface area (Å²) < 4.78 is 17.2. The summed E-state index contributed by atoms with van der Waals surface area (Å²) in [7, 11) is 1.42. The van der Waals surface area contributed by atoms with Crippen molar-refractivity contribution in [2.75, 3.05) is 7.11 Å². The second kappa shape index (κ2) is 13.6. The molecule has 0 radical (unpaired) electrons. The van der Waals surface area contributed by atoms with E-state index in [1.54, 1.807) is 39.8 Å². The molecule has 47 heavy (non-hydrogen) atoms. The summed E-state index contributed by atoms with van der Waals surface area (Å²) in [5.74, 6) is -8.23.